The first-order valence-corrected chi connectivity index (χ1v) is 8.01. The number of aliphatic hydroxyl groups is 1. The summed E-state index contributed by atoms with van der Waals surface area (Å²) in [5.41, 5.74) is 0.896. The van der Waals surface area contributed by atoms with Crippen molar-refractivity contribution in [1.29, 1.82) is 0 Å². The van der Waals surface area contributed by atoms with Crippen LogP contribution < -0.4 is 4.74 Å². The molecule has 19 heavy (non-hydrogen) atoms. The Morgan fingerprint density at radius 1 is 1.32 bits per heavy atom. The molecule has 0 heterocycles. The average molecular weight is 327 g/mol. The highest BCUT2D eigenvalue weighted by Gasteiger charge is 2.18. The van der Waals surface area contributed by atoms with E-state index in [1.807, 2.05) is 18.2 Å². The molecule has 1 N–H and O–H groups in total. The normalized spacial score (nSPS) is 18.3. The topological polar surface area (TPSA) is 29.5 Å². The van der Waals surface area contributed by atoms with E-state index < -0.39 is 6.10 Å². The number of halogens is 1. The van der Waals surface area contributed by atoms with Gasteiger partial charge in [0.2, 0.25) is 0 Å². The monoisotopic (exact) mass is 326 g/mol. The van der Waals surface area contributed by atoms with Crippen molar-refractivity contribution < 1.29 is 9.84 Å². The van der Waals surface area contributed by atoms with E-state index in [2.05, 4.69) is 15.9 Å². The van der Waals surface area contributed by atoms with Gasteiger partial charge in [-0.15, -0.1) is 0 Å². The van der Waals surface area contributed by atoms with Crippen LogP contribution in [0.15, 0.2) is 22.7 Å². The molecule has 1 unspecified atom stereocenters. The second-order valence-electron chi connectivity index (χ2n) is 5.48. The summed E-state index contributed by atoms with van der Waals surface area (Å²) in [5.74, 6) is 1.58. The number of aliphatic hydroxyl groups excluding tert-OH is 1. The Morgan fingerprint density at radius 2 is 2.05 bits per heavy atom. The smallest absolute Gasteiger partial charge is 0.124 e. The summed E-state index contributed by atoms with van der Waals surface area (Å²) >= 11 is 3.45. The quantitative estimate of drug-likeness (QED) is 0.837. The zero-order chi connectivity index (χ0) is 13.7. The minimum Gasteiger partial charge on any atom is -0.496 e. The second-order valence-corrected chi connectivity index (χ2v) is 6.40. The minimum absolute atomic E-state index is 0.422. The van der Waals surface area contributed by atoms with Crippen molar-refractivity contribution in [3.8, 4) is 5.75 Å². The third-order valence-corrected chi connectivity index (χ3v) is 4.62. The summed E-state index contributed by atoms with van der Waals surface area (Å²) in [7, 11) is 1.65. The molecule has 0 aliphatic heterocycles. The zero-order valence-electron chi connectivity index (χ0n) is 11.6. The van der Waals surface area contributed by atoms with Crippen molar-refractivity contribution in [2.75, 3.05) is 7.11 Å². The highest BCUT2D eigenvalue weighted by Crippen LogP contribution is 2.34. The van der Waals surface area contributed by atoms with Crippen molar-refractivity contribution in [2.45, 2.75) is 51.0 Å². The Balaban J connectivity index is 1.94. The Kier molecular flexibility index (Phi) is 5.71. The van der Waals surface area contributed by atoms with E-state index in [0.29, 0.717) is 0 Å². The van der Waals surface area contributed by atoms with Crippen LogP contribution in [0.4, 0.5) is 0 Å². The summed E-state index contributed by atoms with van der Waals surface area (Å²) in [6, 6.07) is 5.81. The molecule has 3 heteroatoms. The van der Waals surface area contributed by atoms with Crippen molar-refractivity contribution in [2.24, 2.45) is 5.92 Å². The lowest BCUT2D eigenvalue weighted by atomic mass is 9.85. The fourth-order valence-electron chi connectivity index (χ4n) is 2.99. The predicted octanol–water partition coefficient (Wildman–Crippen LogP) is 4.85. The van der Waals surface area contributed by atoms with Crippen molar-refractivity contribution in [3.63, 3.8) is 0 Å². The Hall–Kier alpha value is -0.540. The first kappa shape index (κ1) is 14.9. The Bertz CT molecular complexity index is 400. The van der Waals surface area contributed by atoms with Crippen LogP contribution in [0.5, 0.6) is 5.75 Å². The maximum atomic E-state index is 10.4. The van der Waals surface area contributed by atoms with E-state index in [0.717, 1.165) is 34.5 Å². The lowest BCUT2D eigenvalue weighted by molar-refractivity contribution is 0.148. The summed E-state index contributed by atoms with van der Waals surface area (Å²) in [4.78, 5) is 0. The molecule has 1 fully saturated rings. The van der Waals surface area contributed by atoms with Crippen LogP contribution in [-0.2, 0) is 0 Å². The van der Waals surface area contributed by atoms with Gasteiger partial charge in [0, 0.05) is 10.0 Å². The predicted molar refractivity (Wildman–Crippen MR) is 81.5 cm³/mol. The minimum atomic E-state index is -0.422. The SMILES string of the molecule is COc1ccc(Br)cc1C(O)CCC1CCCCC1. The van der Waals surface area contributed by atoms with E-state index in [4.69, 9.17) is 4.74 Å². The molecule has 1 saturated carbocycles. The molecule has 2 rings (SSSR count). The fraction of sp³-hybridized carbons (Fsp3) is 0.625. The summed E-state index contributed by atoms with van der Waals surface area (Å²) < 4.78 is 6.32. The maximum absolute atomic E-state index is 10.4. The van der Waals surface area contributed by atoms with Crippen LogP contribution in [0.25, 0.3) is 0 Å². The molecule has 2 nitrogen and oxygen atoms in total. The van der Waals surface area contributed by atoms with Gasteiger partial charge in [0.05, 0.1) is 13.2 Å². The molecule has 0 radical (unpaired) electrons. The third kappa shape index (κ3) is 4.22. The lowest BCUT2D eigenvalue weighted by Gasteiger charge is -2.23. The van der Waals surface area contributed by atoms with Gasteiger partial charge in [-0.05, 0) is 37.0 Å². The molecule has 1 aromatic carbocycles. The van der Waals surface area contributed by atoms with Crippen LogP contribution in [0.3, 0.4) is 0 Å². The second kappa shape index (κ2) is 7.30. The third-order valence-electron chi connectivity index (χ3n) is 4.12. The van der Waals surface area contributed by atoms with Crippen molar-refractivity contribution in [1.82, 2.24) is 0 Å². The van der Waals surface area contributed by atoms with Crippen molar-refractivity contribution >= 4 is 15.9 Å². The van der Waals surface area contributed by atoms with Crippen molar-refractivity contribution in [3.05, 3.63) is 28.2 Å². The molecule has 0 saturated heterocycles. The fourth-order valence-corrected chi connectivity index (χ4v) is 3.37. The van der Waals surface area contributed by atoms with Crippen LogP contribution in [-0.4, -0.2) is 12.2 Å². The molecule has 0 aromatic heterocycles. The first-order chi connectivity index (χ1) is 9.20. The van der Waals surface area contributed by atoms with Gasteiger partial charge < -0.3 is 9.84 Å². The molecular weight excluding hydrogens is 304 g/mol. The maximum Gasteiger partial charge on any atom is 0.124 e. The first-order valence-electron chi connectivity index (χ1n) is 7.22. The van der Waals surface area contributed by atoms with Crippen LogP contribution in [0.1, 0.15) is 56.6 Å². The number of benzene rings is 1. The largest absolute Gasteiger partial charge is 0.496 e. The Morgan fingerprint density at radius 3 is 2.74 bits per heavy atom. The average Bonchev–Trinajstić information content (AvgIpc) is 2.46. The van der Waals surface area contributed by atoms with Crippen LogP contribution in [0, 0.1) is 5.92 Å². The standard InChI is InChI=1S/C16H23BrO2/c1-19-16-10-8-13(17)11-14(16)15(18)9-7-12-5-3-2-4-6-12/h8,10-12,15,18H,2-7,9H2,1H3. The molecular formula is C16H23BrO2. The molecule has 1 aliphatic rings. The van der Waals surface area contributed by atoms with Gasteiger partial charge >= 0.3 is 0 Å². The number of hydrogen-bond donors (Lipinski definition) is 1. The summed E-state index contributed by atoms with van der Waals surface area (Å²) in [6.45, 7) is 0. The molecule has 106 valence electrons. The van der Waals surface area contributed by atoms with Gasteiger partial charge in [0.25, 0.3) is 0 Å². The van der Waals surface area contributed by atoms with Gasteiger partial charge in [-0.3, -0.25) is 0 Å². The summed E-state index contributed by atoms with van der Waals surface area (Å²) in [6.07, 6.45) is 8.31. The van der Waals surface area contributed by atoms with Gasteiger partial charge in [-0.1, -0.05) is 48.0 Å². The highest BCUT2D eigenvalue weighted by atomic mass is 79.9. The van der Waals surface area contributed by atoms with E-state index in [1.165, 1.54) is 32.1 Å². The van der Waals surface area contributed by atoms with E-state index >= 15 is 0 Å². The van der Waals surface area contributed by atoms with E-state index in [9.17, 15) is 5.11 Å². The molecule has 1 aliphatic carbocycles. The molecule has 1 atom stereocenters. The van der Waals surface area contributed by atoms with Gasteiger partial charge in [0.1, 0.15) is 5.75 Å². The van der Waals surface area contributed by atoms with Crippen LogP contribution in [0.2, 0.25) is 0 Å². The van der Waals surface area contributed by atoms with Gasteiger partial charge in [-0.2, -0.15) is 0 Å². The number of hydrogen-bond acceptors (Lipinski definition) is 2. The number of ether oxygens (including phenoxy) is 1. The molecule has 0 spiro atoms. The highest BCUT2D eigenvalue weighted by molar-refractivity contribution is 9.10. The van der Waals surface area contributed by atoms with Gasteiger partial charge in [0.15, 0.2) is 0 Å². The zero-order valence-corrected chi connectivity index (χ0v) is 13.2. The molecule has 0 bridgehead atoms. The van der Waals surface area contributed by atoms with E-state index in [1.54, 1.807) is 7.11 Å². The number of rotatable bonds is 5. The summed E-state index contributed by atoms with van der Waals surface area (Å²) in [5, 5.41) is 10.4. The molecule has 1 aromatic rings. The van der Waals surface area contributed by atoms with Gasteiger partial charge in [-0.25, -0.2) is 0 Å². The Labute approximate surface area is 124 Å². The van der Waals surface area contributed by atoms with E-state index in [-0.39, 0.29) is 0 Å². The number of methoxy groups -OCH3 is 1. The van der Waals surface area contributed by atoms with Crippen LogP contribution >= 0.6 is 15.9 Å². The molecule has 0 amide bonds. The lowest BCUT2D eigenvalue weighted by Crippen LogP contribution is -2.09.